The number of carbonyl (C=O) groups is 1. The van der Waals surface area contributed by atoms with Crippen molar-refractivity contribution in [1.29, 1.82) is 0 Å². The average Bonchev–Trinajstić information content (AvgIpc) is 2.57. The van der Waals surface area contributed by atoms with Gasteiger partial charge in [0.25, 0.3) is 0 Å². The molecule has 1 N–H and O–H groups in total. The minimum atomic E-state index is -4.45. The van der Waals surface area contributed by atoms with Crippen LogP contribution in [0.25, 0.3) is 0 Å². The summed E-state index contributed by atoms with van der Waals surface area (Å²) in [6.07, 6.45) is -5.29. The second-order valence-corrected chi connectivity index (χ2v) is 7.00. The molecule has 0 saturated carbocycles. The lowest BCUT2D eigenvalue weighted by molar-refractivity contribution is -0.137. The van der Waals surface area contributed by atoms with E-state index in [0.717, 1.165) is 12.1 Å². The molecule has 1 amide bonds. The van der Waals surface area contributed by atoms with Crippen molar-refractivity contribution in [1.82, 2.24) is 5.32 Å². The summed E-state index contributed by atoms with van der Waals surface area (Å²) in [6.45, 7) is 3.71. The summed E-state index contributed by atoms with van der Waals surface area (Å²) in [5.74, 6) is 0.901. The maximum absolute atomic E-state index is 12.7. The van der Waals surface area contributed by atoms with Crippen LogP contribution in [-0.4, -0.2) is 41.1 Å². The summed E-state index contributed by atoms with van der Waals surface area (Å²) in [5.41, 5.74) is -0.805. The van der Waals surface area contributed by atoms with Crippen molar-refractivity contribution in [2.75, 3.05) is 24.7 Å². The average molecular weight is 381 g/mol. The van der Waals surface area contributed by atoms with Crippen molar-refractivity contribution in [3.05, 3.63) is 29.8 Å². The van der Waals surface area contributed by atoms with Crippen LogP contribution in [0.2, 0.25) is 0 Å². The third kappa shape index (κ3) is 8.24. The van der Waals surface area contributed by atoms with Gasteiger partial charge in [-0.15, -0.1) is 0 Å². The van der Waals surface area contributed by atoms with Gasteiger partial charge in [0.15, 0.2) is 0 Å². The zero-order valence-corrected chi connectivity index (χ0v) is 14.9. The Labute approximate surface area is 147 Å². The van der Waals surface area contributed by atoms with E-state index in [1.54, 1.807) is 13.8 Å². The van der Waals surface area contributed by atoms with Crippen molar-refractivity contribution in [2.24, 2.45) is 0 Å². The van der Waals surface area contributed by atoms with E-state index in [4.69, 9.17) is 9.47 Å². The molecule has 2 unspecified atom stereocenters. The van der Waals surface area contributed by atoms with Gasteiger partial charge in [-0.25, -0.2) is 4.79 Å². The summed E-state index contributed by atoms with van der Waals surface area (Å²) in [4.78, 5) is 11.6. The van der Waals surface area contributed by atoms with Gasteiger partial charge < -0.3 is 14.8 Å². The summed E-state index contributed by atoms with van der Waals surface area (Å²) < 4.78 is 59.6. The van der Waals surface area contributed by atoms with E-state index >= 15 is 0 Å². The largest absolute Gasteiger partial charge is 0.490 e. The van der Waals surface area contributed by atoms with Crippen LogP contribution in [0.3, 0.4) is 0 Å². The highest BCUT2D eigenvalue weighted by molar-refractivity contribution is 7.84. The minimum absolute atomic E-state index is 0.0515. The summed E-state index contributed by atoms with van der Waals surface area (Å²) in [6, 6.07) is 4.50. The molecule has 5 nitrogen and oxygen atoms in total. The third-order valence-electron chi connectivity index (χ3n) is 3.25. The number of hydrogen-bond acceptors (Lipinski definition) is 4. The van der Waals surface area contributed by atoms with Gasteiger partial charge in [-0.2, -0.15) is 13.2 Å². The Morgan fingerprint density at radius 1 is 1.32 bits per heavy atom. The first-order valence-electron chi connectivity index (χ1n) is 7.85. The Hall–Kier alpha value is -1.77. The number of hydrogen-bond donors (Lipinski definition) is 1. The smallest absolute Gasteiger partial charge is 0.416 e. The molecule has 0 aliphatic carbocycles. The molecule has 142 valence electrons. The van der Waals surface area contributed by atoms with Crippen LogP contribution in [0.15, 0.2) is 24.3 Å². The maximum atomic E-state index is 12.7. The molecule has 0 spiro atoms. The molecule has 0 aromatic heterocycles. The van der Waals surface area contributed by atoms with Gasteiger partial charge in [-0.05, 0) is 24.6 Å². The Morgan fingerprint density at radius 2 is 2.04 bits per heavy atom. The van der Waals surface area contributed by atoms with E-state index in [1.807, 2.05) is 0 Å². The Morgan fingerprint density at radius 3 is 2.64 bits per heavy atom. The van der Waals surface area contributed by atoms with Gasteiger partial charge in [0.1, 0.15) is 18.5 Å². The van der Waals surface area contributed by atoms with Gasteiger partial charge in [-0.1, -0.05) is 19.9 Å². The van der Waals surface area contributed by atoms with Crippen LogP contribution in [0, 0.1) is 0 Å². The number of alkyl carbamates (subject to hydrolysis) is 1. The first-order chi connectivity index (χ1) is 11.8. The summed E-state index contributed by atoms with van der Waals surface area (Å²) >= 11 is 0. The van der Waals surface area contributed by atoms with Gasteiger partial charge in [0.2, 0.25) is 0 Å². The Kier molecular flexibility index (Phi) is 8.74. The van der Waals surface area contributed by atoms with Crippen molar-refractivity contribution in [3.8, 4) is 5.75 Å². The lowest BCUT2D eigenvalue weighted by Crippen LogP contribution is -2.34. The number of amides is 1. The summed E-state index contributed by atoms with van der Waals surface area (Å²) in [7, 11) is -0.983. The molecule has 9 heteroatoms. The van der Waals surface area contributed by atoms with Crippen molar-refractivity contribution in [2.45, 2.75) is 32.5 Å². The first kappa shape index (κ1) is 21.3. The monoisotopic (exact) mass is 381 g/mol. The molecule has 0 bridgehead atoms. The molecule has 1 rings (SSSR count). The first-order valence-corrected chi connectivity index (χ1v) is 9.34. The van der Waals surface area contributed by atoms with Crippen molar-refractivity contribution in [3.63, 3.8) is 0 Å². The molecule has 0 saturated heterocycles. The van der Waals surface area contributed by atoms with Crippen LogP contribution in [0.1, 0.15) is 25.8 Å². The molecule has 1 aromatic carbocycles. The number of carbonyl (C=O) groups excluding carboxylic acids is 1. The quantitative estimate of drug-likeness (QED) is 0.712. The van der Waals surface area contributed by atoms with E-state index in [2.05, 4.69) is 5.32 Å². The highest BCUT2D eigenvalue weighted by Crippen LogP contribution is 2.31. The summed E-state index contributed by atoms with van der Waals surface area (Å²) in [5, 5.41) is 2.48. The molecule has 0 heterocycles. The molecule has 0 radical (unpaired) electrons. The minimum Gasteiger partial charge on any atom is -0.490 e. The topological polar surface area (TPSA) is 64.6 Å². The van der Waals surface area contributed by atoms with Gasteiger partial charge in [-0.3, -0.25) is 4.21 Å². The predicted octanol–water partition coefficient (Wildman–Crippen LogP) is 3.36. The number of benzene rings is 1. The van der Waals surface area contributed by atoms with Crippen LogP contribution >= 0.6 is 0 Å². The molecule has 1 aromatic rings. The van der Waals surface area contributed by atoms with Crippen molar-refractivity contribution < 1.29 is 31.6 Å². The maximum Gasteiger partial charge on any atom is 0.416 e. The number of halogens is 3. The third-order valence-corrected chi connectivity index (χ3v) is 4.55. The lowest BCUT2D eigenvalue weighted by Gasteiger charge is -2.18. The second kappa shape index (κ2) is 10.3. The molecule has 0 fully saturated rings. The molecular weight excluding hydrogens is 359 g/mol. The molecule has 0 aliphatic heterocycles. The molecular formula is C16H22F3NO4S. The molecule has 0 aliphatic rings. The van der Waals surface area contributed by atoms with E-state index < -0.39 is 34.7 Å². The fraction of sp³-hybridized carbons (Fsp3) is 0.562. The standard InChI is InChI=1S/C16H22F3NO4S/c1-3-13(24-15(21)20-8-9-25(22)4-2)11-23-14-7-5-6-12(10-14)16(17,18)19/h5-7,10,13H,3-4,8-9,11H2,1-2H3,(H,20,21). The van der Waals surface area contributed by atoms with Crippen LogP contribution in [0.5, 0.6) is 5.75 Å². The van der Waals surface area contributed by atoms with Gasteiger partial charge in [0, 0.05) is 28.9 Å². The highest BCUT2D eigenvalue weighted by atomic mass is 32.2. The predicted molar refractivity (Wildman–Crippen MR) is 89.1 cm³/mol. The fourth-order valence-electron chi connectivity index (χ4n) is 1.79. The fourth-order valence-corrected chi connectivity index (χ4v) is 2.41. The Bertz CT molecular complexity index is 581. The van der Waals surface area contributed by atoms with Crippen molar-refractivity contribution >= 4 is 16.9 Å². The highest BCUT2D eigenvalue weighted by Gasteiger charge is 2.30. The Balaban J connectivity index is 2.46. The van der Waals surface area contributed by atoms with Gasteiger partial charge in [0.05, 0.1) is 5.56 Å². The van der Waals surface area contributed by atoms with Gasteiger partial charge >= 0.3 is 12.3 Å². The zero-order valence-electron chi connectivity index (χ0n) is 14.1. The SMILES string of the molecule is CCC(COc1cccc(C(F)(F)F)c1)OC(=O)NCCS(=O)CC. The lowest BCUT2D eigenvalue weighted by atomic mass is 10.2. The number of rotatable bonds is 9. The van der Waals surface area contributed by atoms with E-state index in [-0.39, 0.29) is 18.9 Å². The van der Waals surface area contributed by atoms with E-state index in [1.165, 1.54) is 12.1 Å². The second-order valence-electron chi connectivity index (χ2n) is 5.13. The number of alkyl halides is 3. The van der Waals surface area contributed by atoms with Crippen LogP contribution in [0.4, 0.5) is 18.0 Å². The normalized spacial score (nSPS) is 13.8. The molecule has 25 heavy (non-hydrogen) atoms. The number of ether oxygens (including phenoxy) is 2. The zero-order chi connectivity index (χ0) is 18.9. The van der Waals surface area contributed by atoms with E-state index in [9.17, 15) is 22.2 Å². The number of nitrogens with one attached hydrogen (secondary N) is 1. The van der Waals surface area contributed by atoms with E-state index in [0.29, 0.717) is 17.9 Å². The van der Waals surface area contributed by atoms with Crippen LogP contribution < -0.4 is 10.1 Å². The molecule has 2 atom stereocenters. The van der Waals surface area contributed by atoms with Crippen LogP contribution in [-0.2, 0) is 21.7 Å².